The standard InChI is InChI=1S/C12H14N2O3S/c13-11(15)10-7-17-6-5-14(10)12(16)8-1-3-9(18)4-2-8/h1-4,10,18H,5-7H2,(H2,13,15). The molecule has 2 amide bonds. The highest BCUT2D eigenvalue weighted by Gasteiger charge is 2.31. The van der Waals surface area contributed by atoms with E-state index in [1.165, 1.54) is 4.90 Å². The zero-order valence-corrected chi connectivity index (χ0v) is 10.6. The molecule has 18 heavy (non-hydrogen) atoms. The van der Waals surface area contributed by atoms with E-state index in [9.17, 15) is 9.59 Å². The number of amides is 2. The smallest absolute Gasteiger partial charge is 0.254 e. The molecule has 1 unspecified atom stereocenters. The van der Waals surface area contributed by atoms with Crippen LogP contribution in [0, 0.1) is 0 Å². The first-order valence-electron chi connectivity index (χ1n) is 5.56. The number of carbonyl (C=O) groups is 2. The minimum atomic E-state index is -0.693. The number of ether oxygens (including phenoxy) is 1. The quantitative estimate of drug-likeness (QED) is 0.756. The Labute approximate surface area is 110 Å². The van der Waals surface area contributed by atoms with Crippen LogP contribution >= 0.6 is 12.6 Å². The van der Waals surface area contributed by atoms with E-state index in [-0.39, 0.29) is 12.5 Å². The van der Waals surface area contributed by atoms with Crippen LogP contribution in [0.3, 0.4) is 0 Å². The fraction of sp³-hybridized carbons (Fsp3) is 0.333. The molecule has 0 bridgehead atoms. The minimum absolute atomic E-state index is 0.158. The molecule has 0 spiro atoms. The first kappa shape index (κ1) is 12.9. The second kappa shape index (κ2) is 5.41. The molecular formula is C12H14N2O3S. The number of nitrogens with zero attached hydrogens (tertiary/aromatic N) is 1. The molecule has 2 rings (SSSR count). The van der Waals surface area contributed by atoms with Gasteiger partial charge in [0.15, 0.2) is 0 Å². The van der Waals surface area contributed by atoms with Gasteiger partial charge in [0.1, 0.15) is 6.04 Å². The highest BCUT2D eigenvalue weighted by Crippen LogP contribution is 2.14. The van der Waals surface area contributed by atoms with Gasteiger partial charge in [-0.05, 0) is 24.3 Å². The van der Waals surface area contributed by atoms with Gasteiger partial charge in [0.2, 0.25) is 5.91 Å². The predicted molar refractivity (Wildman–Crippen MR) is 68.5 cm³/mol. The number of nitrogens with two attached hydrogens (primary N) is 1. The van der Waals surface area contributed by atoms with Crippen LogP contribution in [0.2, 0.25) is 0 Å². The van der Waals surface area contributed by atoms with Crippen molar-refractivity contribution in [2.45, 2.75) is 10.9 Å². The molecule has 2 N–H and O–H groups in total. The van der Waals surface area contributed by atoms with Crippen molar-refractivity contribution in [1.82, 2.24) is 4.90 Å². The summed E-state index contributed by atoms with van der Waals surface area (Å²) in [4.78, 5) is 25.8. The SMILES string of the molecule is NC(=O)C1COCCN1C(=O)c1ccc(S)cc1. The summed E-state index contributed by atoms with van der Waals surface area (Å²) in [6.07, 6.45) is 0. The second-order valence-corrected chi connectivity index (χ2v) is 4.55. The Balaban J connectivity index is 2.20. The monoisotopic (exact) mass is 266 g/mol. The maximum Gasteiger partial charge on any atom is 0.254 e. The van der Waals surface area contributed by atoms with Crippen LogP contribution < -0.4 is 5.73 Å². The molecule has 96 valence electrons. The third-order valence-corrected chi connectivity index (χ3v) is 3.13. The number of morpholine rings is 1. The lowest BCUT2D eigenvalue weighted by Crippen LogP contribution is -2.54. The van der Waals surface area contributed by atoms with Crippen LogP contribution in [0.5, 0.6) is 0 Å². The largest absolute Gasteiger partial charge is 0.377 e. The summed E-state index contributed by atoms with van der Waals surface area (Å²) in [7, 11) is 0. The van der Waals surface area contributed by atoms with Crippen molar-refractivity contribution >= 4 is 24.4 Å². The highest BCUT2D eigenvalue weighted by atomic mass is 32.1. The lowest BCUT2D eigenvalue weighted by atomic mass is 10.1. The van der Waals surface area contributed by atoms with E-state index >= 15 is 0 Å². The normalized spacial score (nSPS) is 19.6. The van der Waals surface area contributed by atoms with Gasteiger partial charge in [-0.2, -0.15) is 0 Å². The first-order chi connectivity index (χ1) is 8.59. The summed E-state index contributed by atoms with van der Waals surface area (Å²) in [5, 5.41) is 0. The molecular weight excluding hydrogens is 252 g/mol. The van der Waals surface area contributed by atoms with Crippen LogP contribution in [0.1, 0.15) is 10.4 Å². The van der Waals surface area contributed by atoms with E-state index in [1.54, 1.807) is 24.3 Å². The molecule has 6 heteroatoms. The summed E-state index contributed by atoms with van der Waals surface area (Å²) in [5.41, 5.74) is 5.79. The topological polar surface area (TPSA) is 72.6 Å². The molecule has 1 aliphatic rings. The number of hydrogen-bond acceptors (Lipinski definition) is 4. The summed E-state index contributed by atoms with van der Waals surface area (Å²) in [6, 6.07) is 6.13. The maximum atomic E-state index is 12.3. The third-order valence-electron chi connectivity index (χ3n) is 2.83. The van der Waals surface area contributed by atoms with Crippen LogP contribution in [0.4, 0.5) is 0 Å². The van der Waals surface area contributed by atoms with E-state index in [0.29, 0.717) is 18.7 Å². The van der Waals surface area contributed by atoms with Gasteiger partial charge >= 0.3 is 0 Å². The molecule has 5 nitrogen and oxygen atoms in total. The number of rotatable bonds is 2. The molecule has 0 aromatic heterocycles. The van der Waals surface area contributed by atoms with Gasteiger partial charge in [-0.15, -0.1) is 12.6 Å². The Morgan fingerprint density at radius 1 is 1.33 bits per heavy atom. The van der Waals surface area contributed by atoms with E-state index in [1.807, 2.05) is 0 Å². The molecule has 0 saturated carbocycles. The van der Waals surface area contributed by atoms with Crippen molar-refractivity contribution in [1.29, 1.82) is 0 Å². The van der Waals surface area contributed by atoms with Gasteiger partial charge < -0.3 is 15.4 Å². The van der Waals surface area contributed by atoms with E-state index in [4.69, 9.17) is 10.5 Å². The zero-order chi connectivity index (χ0) is 13.1. The Morgan fingerprint density at radius 3 is 2.61 bits per heavy atom. The van der Waals surface area contributed by atoms with Crippen molar-refractivity contribution in [2.75, 3.05) is 19.8 Å². The fourth-order valence-electron chi connectivity index (χ4n) is 1.85. The lowest BCUT2D eigenvalue weighted by Gasteiger charge is -2.33. The average molecular weight is 266 g/mol. The molecule has 1 heterocycles. The van der Waals surface area contributed by atoms with Crippen molar-refractivity contribution in [3.8, 4) is 0 Å². The Morgan fingerprint density at radius 2 is 2.00 bits per heavy atom. The van der Waals surface area contributed by atoms with Gasteiger partial charge in [-0.25, -0.2) is 0 Å². The van der Waals surface area contributed by atoms with Crippen molar-refractivity contribution in [3.05, 3.63) is 29.8 Å². The van der Waals surface area contributed by atoms with Crippen molar-refractivity contribution < 1.29 is 14.3 Å². The molecule has 1 aromatic carbocycles. The molecule has 0 radical (unpaired) electrons. The van der Waals surface area contributed by atoms with Gasteiger partial charge in [0.05, 0.1) is 13.2 Å². The zero-order valence-electron chi connectivity index (χ0n) is 9.70. The molecule has 1 atom stereocenters. The van der Waals surface area contributed by atoms with Crippen molar-refractivity contribution in [3.63, 3.8) is 0 Å². The lowest BCUT2D eigenvalue weighted by molar-refractivity contribution is -0.127. The molecule has 1 saturated heterocycles. The maximum absolute atomic E-state index is 12.3. The summed E-state index contributed by atoms with van der Waals surface area (Å²) in [5.74, 6) is -0.760. The number of carbonyl (C=O) groups excluding carboxylic acids is 2. The Kier molecular flexibility index (Phi) is 3.88. The van der Waals surface area contributed by atoms with E-state index in [0.717, 1.165) is 4.90 Å². The Bertz CT molecular complexity index is 461. The summed E-state index contributed by atoms with van der Waals surface area (Å²) in [6.45, 7) is 0.945. The third kappa shape index (κ3) is 2.65. The molecule has 1 aliphatic heterocycles. The molecule has 1 fully saturated rings. The molecule has 0 aliphatic carbocycles. The van der Waals surface area contributed by atoms with Crippen LogP contribution in [-0.2, 0) is 9.53 Å². The average Bonchev–Trinajstić information content (AvgIpc) is 2.39. The minimum Gasteiger partial charge on any atom is -0.377 e. The predicted octanol–water partition coefficient (Wildman–Crippen LogP) is 0.302. The number of thiol groups is 1. The van der Waals surface area contributed by atoms with Crippen LogP contribution in [0.25, 0.3) is 0 Å². The van der Waals surface area contributed by atoms with Crippen LogP contribution in [-0.4, -0.2) is 42.5 Å². The number of primary amides is 1. The highest BCUT2D eigenvalue weighted by molar-refractivity contribution is 7.80. The van der Waals surface area contributed by atoms with Crippen LogP contribution in [0.15, 0.2) is 29.2 Å². The first-order valence-corrected chi connectivity index (χ1v) is 6.01. The van der Waals surface area contributed by atoms with Gasteiger partial charge in [0, 0.05) is 17.0 Å². The van der Waals surface area contributed by atoms with E-state index in [2.05, 4.69) is 12.6 Å². The van der Waals surface area contributed by atoms with Crippen molar-refractivity contribution in [2.24, 2.45) is 5.73 Å². The number of hydrogen-bond donors (Lipinski definition) is 2. The number of benzene rings is 1. The second-order valence-electron chi connectivity index (χ2n) is 4.04. The van der Waals surface area contributed by atoms with Gasteiger partial charge in [-0.1, -0.05) is 0 Å². The molecule has 1 aromatic rings. The summed E-state index contributed by atoms with van der Waals surface area (Å²) < 4.78 is 5.17. The fourth-order valence-corrected chi connectivity index (χ4v) is 2.00. The summed E-state index contributed by atoms with van der Waals surface area (Å²) >= 11 is 4.16. The van der Waals surface area contributed by atoms with Gasteiger partial charge in [0.25, 0.3) is 5.91 Å². The van der Waals surface area contributed by atoms with Gasteiger partial charge in [-0.3, -0.25) is 9.59 Å². The van der Waals surface area contributed by atoms with E-state index < -0.39 is 11.9 Å². The Hall–Kier alpha value is -1.53.